The summed E-state index contributed by atoms with van der Waals surface area (Å²) < 4.78 is 33.2. The van der Waals surface area contributed by atoms with Crippen LogP contribution in [0.3, 0.4) is 0 Å². The van der Waals surface area contributed by atoms with Crippen molar-refractivity contribution in [2.24, 2.45) is 0 Å². The fourth-order valence-corrected chi connectivity index (χ4v) is 5.04. The van der Waals surface area contributed by atoms with E-state index in [2.05, 4.69) is 9.71 Å². The van der Waals surface area contributed by atoms with E-state index < -0.39 is 14.9 Å². The summed E-state index contributed by atoms with van der Waals surface area (Å²) >= 11 is 0. The van der Waals surface area contributed by atoms with Crippen LogP contribution < -0.4 is 9.46 Å². The lowest BCUT2D eigenvalue weighted by Gasteiger charge is -2.25. The summed E-state index contributed by atoms with van der Waals surface area (Å²) in [4.78, 5) is 29.3. The number of aromatic nitrogens is 1. The summed E-state index contributed by atoms with van der Waals surface area (Å²) in [6.07, 6.45) is 5.11. The maximum Gasteiger partial charge on any atom is 0.271 e. The number of nitrogens with zero attached hydrogens (tertiary/aromatic N) is 3. The van der Waals surface area contributed by atoms with Gasteiger partial charge < -0.3 is 9.64 Å². The van der Waals surface area contributed by atoms with Crippen LogP contribution in [0.25, 0.3) is 0 Å². The van der Waals surface area contributed by atoms with E-state index in [1.165, 1.54) is 43.5 Å². The van der Waals surface area contributed by atoms with Gasteiger partial charge >= 0.3 is 0 Å². The highest BCUT2D eigenvalue weighted by Gasteiger charge is 2.30. The molecule has 1 unspecified atom stereocenters. The average molecular weight is 483 g/mol. The standard InChI is InChI=1S/C23H22N4O6S/c1-33-22-9-6-18(27(29)30)15-20(22)25-34(31,32)19-7-4-17(5-8-19)23(28)26-14-2-3-21(26)16-10-12-24-13-11-16/h4-13,15,21,25H,2-3,14H2,1H3. The van der Waals surface area contributed by atoms with Gasteiger partial charge in [-0.1, -0.05) is 0 Å². The van der Waals surface area contributed by atoms with Crippen molar-refractivity contribution < 1.29 is 22.9 Å². The van der Waals surface area contributed by atoms with E-state index >= 15 is 0 Å². The molecule has 2 heterocycles. The first kappa shape index (κ1) is 23.2. The molecule has 1 N–H and O–H groups in total. The Morgan fingerprint density at radius 2 is 1.85 bits per heavy atom. The molecule has 1 atom stereocenters. The van der Waals surface area contributed by atoms with Crippen molar-refractivity contribution in [1.82, 2.24) is 9.88 Å². The number of pyridine rings is 1. The Morgan fingerprint density at radius 1 is 1.15 bits per heavy atom. The second-order valence-corrected chi connectivity index (χ2v) is 9.39. The number of carbonyl (C=O) groups excluding carboxylic acids is 1. The monoisotopic (exact) mass is 482 g/mol. The molecule has 0 spiro atoms. The van der Waals surface area contributed by atoms with Crippen LogP contribution >= 0.6 is 0 Å². The molecule has 3 aromatic rings. The molecule has 0 saturated carbocycles. The van der Waals surface area contributed by atoms with Crippen LogP contribution in [-0.4, -0.2) is 42.8 Å². The third-order valence-corrected chi connectivity index (χ3v) is 7.04. The van der Waals surface area contributed by atoms with Gasteiger partial charge in [-0.3, -0.25) is 24.6 Å². The molecule has 1 amide bonds. The van der Waals surface area contributed by atoms with Gasteiger partial charge in [0.1, 0.15) is 5.75 Å². The maximum atomic E-state index is 13.1. The fourth-order valence-electron chi connectivity index (χ4n) is 3.98. The van der Waals surface area contributed by atoms with E-state index in [-0.39, 0.29) is 34.0 Å². The fraction of sp³-hybridized carbons (Fsp3) is 0.217. The van der Waals surface area contributed by atoms with Crippen LogP contribution in [0.5, 0.6) is 5.75 Å². The number of hydrogen-bond donors (Lipinski definition) is 1. The number of sulfonamides is 1. The van der Waals surface area contributed by atoms with E-state index in [1.54, 1.807) is 17.3 Å². The lowest BCUT2D eigenvalue weighted by Crippen LogP contribution is -2.30. The van der Waals surface area contributed by atoms with Gasteiger partial charge in [-0.15, -0.1) is 0 Å². The molecule has 1 fully saturated rings. The Morgan fingerprint density at radius 3 is 2.50 bits per heavy atom. The van der Waals surface area contributed by atoms with Gasteiger partial charge in [-0.2, -0.15) is 0 Å². The first-order valence-electron chi connectivity index (χ1n) is 10.5. The third kappa shape index (κ3) is 4.69. The number of benzene rings is 2. The molecule has 10 nitrogen and oxygen atoms in total. The molecule has 176 valence electrons. The number of carbonyl (C=O) groups is 1. The lowest BCUT2D eigenvalue weighted by molar-refractivity contribution is -0.384. The highest BCUT2D eigenvalue weighted by molar-refractivity contribution is 7.92. The highest BCUT2D eigenvalue weighted by atomic mass is 32.2. The number of amides is 1. The number of nitro benzene ring substituents is 1. The number of hydrogen-bond acceptors (Lipinski definition) is 7. The smallest absolute Gasteiger partial charge is 0.271 e. The molecule has 11 heteroatoms. The molecule has 1 aliphatic heterocycles. The van der Waals surface area contributed by atoms with Crippen LogP contribution in [0.2, 0.25) is 0 Å². The predicted molar refractivity (Wildman–Crippen MR) is 124 cm³/mol. The Bertz CT molecular complexity index is 1310. The van der Waals surface area contributed by atoms with Gasteiger partial charge in [0.2, 0.25) is 0 Å². The summed E-state index contributed by atoms with van der Waals surface area (Å²) in [5.74, 6) is -0.0475. The van der Waals surface area contributed by atoms with Gasteiger partial charge in [-0.05, 0) is 60.9 Å². The molecule has 1 aliphatic rings. The molecule has 1 saturated heterocycles. The van der Waals surface area contributed by atoms with Gasteiger partial charge in [0.25, 0.3) is 21.6 Å². The van der Waals surface area contributed by atoms with E-state index in [9.17, 15) is 23.3 Å². The zero-order valence-electron chi connectivity index (χ0n) is 18.2. The molecular formula is C23H22N4O6S. The van der Waals surface area contributed by atoms with E-state index in [1.807, 2.05) is 12.1 Å². The molecule has 0 radical (unpaired) electrons. The summed E-state index contributed by atoms with van der Waals surface area (Å²) in [6, 6.07) is 12.9. The molecule has 2 aromatic carbocycles. The van der Waals surface area contributed by atoms with Crippen molar-refractivity contribution in [3.63, 3.8) is 0 Å². The lowest BCUT2D eigenvalue weighted by atomic mass is 10.1. The van der Waals surface area contributed by atoms with Crippen molar-refractivity contribution >= 4 is 27.3 Å². The Balaban J connectivity index is 1.55. The van der Waals surface area contributed by atoms with Crippen LogP contribution in [0.1, 0.15) is 34.8 Å². The third-order valence-electron chi connectivity index (χ3n) is 5.65. The normalized spacial score (nSPS) is 15.7. The second kappa shape index (κ2) is 9.48. The molecule has 4 rings (SSSR count). The molecular weight excluding hydrogens is 460 g/mol. The van der Waals surface area contributed by atoms with Crippen LogP contribution in [0.4, 0.5) is 11.4 Å². The van der Waals surface area contributed by atoms with Crippen molar-refractivity contribution in [3.8, 4) is 5.75 Å². The number of anilines is 1. The minimum atomic E-state index is -4.09. The predicted octanol–water partition coefficient (Wildman–Crippen LogP) is 3.78. The summed E-state index contributed by atoms with van der Waals surface area (Å²) in [6.45, 7) is 0.611. The highest BCUT2D eigenvalue weighted by Crippen LogP contribution is 2.33. The molecule has 1 aromatic heterocycles. The average Bonchev–Trinajstić information content (AvgIpc) is 3.34. The van der Waals surface area contributed by atoms with Crippen LogP contribution in [0.15, 0.2) is 71.9 Å². The Kier molecular flexibility index (Phi) is 6.46. The second-order valence-electron chi connectivity index (χ2n) is 7.71. The molecule has 0 bridgehead atoms. The SMILES string of the molecule is COc1ccc([N+](=O)[O-])cc1NS(=O)(=O)c1ccc(C(=O)N2CCCC2c2ccncc2)cc1. The van der Waals surface area contributed by atoms with E-state index in [4.69, 9.17) is 4.74 Å². The van der Waals surface area contributed by atoms with E-state index in [0.29, 0.717) is 12.1 Å². The van der Waals surface area contributed by atoms with Gasteiger partial charge in [0.05, 0.1) is 28.7 Å². The number of ether oxygens (including phenoxy) is 1. The van der Waals surface area contributed by atoms with Crippen molar-refractivity contribution in [2.45, 2.75) is 23.8 Å². The van der Waals surface area contributed by atoms with Gasteiger partial charge in [0, 0.05) is 36.6 Å². The van der Waals surface area contributed by atoms with Gasteiger partial charge in [0.15, 0.2) is 0 Å². The van der Waals surface area contributed by atoms with Crippen LogP contribution in [-0.2, 0) is 10.0 Å². The Labute approximate surface area is 196 Å². The minimum absolute atomic E-state index is 0.0538. The van der Waals surface area contributed by atoms with Crippen molar-refractivity contribution in [2.75, 3.05) is 18.4 Å². The minimum Gasteiger partial charge on any atom is -0.495 e. The first-order chi connectivity index (χ1) is 16.3. The molecule has 0 aliphatic carbocycles. The van der Waals surface area contributed by atoms with Crippen molar-refractivity contribution in [1.29, 1.82) is 0 Å². The summed E-state index contributed by atoms with van der Waals surface area (Å²) in [5.41, 5.74) is 1.03. The summed E-state index contributed by atoms with van der Waals surface area (Å²) in [7, 11) is -2.76. The Hall–Kier alpha value is -3.99. The van der Waals surface area contributed by atoms with Gasteiger partial charge in [-0.25, -0.2) is 8.42 Å². The van der Waals surface area contributed by atoms with E-state index in [0.717, 1.165) is 24.5 Å². The number of methoxy groups -OCH3 is 1. The molecule has 34 heavy (non-hydrogen) atoms. The number of rotatable bonds is 7. The number of nitrogens with one attached hydrogen (secondary N) is 1. The largest absolute Gasteiger partial charge is 0.495 e. The zero-order valence-corrected chi connectivity index (χ0v) is 19.1. The number of likely N-dealkylation sites (tertiary alicyclic amines) is 1. The first-order valence-corrected chi connectivity index (χ1v) is 11.9. The quantitative estimate of drug-likeness (QED) is 0.400. The van der Waals surface area contributed by atoms with Crippen LogP contribution in [0, 0.1) is 10.1 Å². The topological polar surface area (TPSA) is 132 Å². The maximum absolute atomic E-state index is 13.1. The summed E-state index contributed by atoms with van der Waals surface area (Å²) in [5, 5.41) is 11.1. The van der Waals surface area contributed by atoms with Crippen molar-refractivity contribution in [3.05, 3.63) is 88.2 Å². The zero-order chi connectivity index (χ0) is 24.3. The number of non-ortho nitro benzene ring substituents is 1. The number of nitro groups is 1.